The minimum Gasteiger partial charge on any atom is -0.497 e. The third kappa shape index (κ3) is 4.87. The van der Waals surface area contributed by atoms with Crippen LogP contribution in [-0.4, -0.2) is 34.3 Å². The van der Waals surface area contributed by atoms with Crippen molar-refractivity contribution in [1.82, 2.24) is 19.5 Å². The van der Waals surface area contributed by atoms with E-state index in [0.29, 0.717) is 28.3 Å². The fraction of sp³-hybridized carbons (Fsp3) is 0.208. The molecular weight excluding hydrogens is 427 g/mol. The van der Waals surface area contributed by atoms with Crippen LogP contribution in [0, 0.1) is 5.82 Å². The molecule has 0 radical (unpaired) electrons. The Bertz CT molecular complexity index is 1350. The van der Waals surface area contributed by atoms with Crippen LogP contribution in [0.2, 0.25) is 0 Å². The van der Waals surface area contributed by atoms with Gasteiger partial charge in [-0.05, 0) is 48.5 Å². The predicted molar refractivity (Wildman–Crippen MR) is 121 cm³/mol. The van der Waals surface area contributed by atoms with Gasteiger partial charge < -0.3 is 19.4 Å². The lowest BCUT2D eigenvalue weighted by Crippen LogP contribution is -2.27. The predicted octanol–water partition coefficient (Wildman–Crippen LogP) is 3.03. The summed E-state index contributed by atoms with van der Waals surface area (Å²) in [7, 11) is 3.13. The zero-order valence-electron chi connectivity index (χ0n) is 18.2. The van der Waals surface area contributed by atoms with Crippen molar-refractivity contribution in [2.45, 2.75) is 19.5 Å². The Morgan fingerprint density at radius 3 is 2.58 bits per heavy atom. The Kier molecular flexibility index (Phi) is 6.39. The van der Waals surface area contributed by atoms with Crippen molar-refractivity contribution in [3.63, 3.8) is 0 Å². The molecule has 9 heteroatoms. The van der Waals surface area contributed by atoms with E-state index in [2.05, 4.69) is 10.4 Å². The molecule has 0 aliphatic heterocycles. The molecule has 4 aromatic rings. The molecule has 0 unspecified atom stereocenters. The number of hydrogen-bond acceptors (Lipinski definition) is 5. The van der Waals surface area contributed by atoms with Crippen LogP contribution in [0.3, 0.4) is 0 Å². The second kappa shape index (κ2) is 9.56. The molecule has 1 N–H and O–H groups in total. The number of halogens is 1. The first-order chi connectivity index (χ1) is 16.0. The van der Waals surface area contributed by atoms with Crippen LogP contribution in [0.15, 0.2) is 65.7 Å². The van der Waals surface area contributed by atoms with Gasteiger partial charge in [0.05, 0.1) is 19.9 Å². The minimum absolute atomic E-state index is 0.126. The van der Waals surface area contributed by atoms with Gasteiger partial charge in [0.15, 0.2) is 0 Å². The molecule has 0 spiro atoms. The summed E-state index contributed by atoms with van der Waals surface area (Å²) in [6, 6.07) is 12.9. The van der Waals surface area contributed by atoms with Crippen molar-refractivity contribution in [3.8, 4) is 22.8 Å². The molecule has 4 rings (SSSR count). The van der Waals surface area contributed by atoms with E-state index in [9.17, 15) is 14.0 Å². The zero-order valence-corrected chi connectivity index (χ0v) is 18.2. The molecule has 0 saturated carbocycles. The fourth-order valence-electron chi connectivity index (χ4n) is 3.49. The molecule has 33 heavy (non-hydrogen) atoms. The summed E-state index contributed by atoms with van der Waals surface area (Å²) in [4.78, 5) is 25.2. The van der Waals surface area contributed by atoms with Gasteiger partial charge in [0.25, 0.3) is 5.56 Å². The number of carbonyl (C=O) groups is 1. The molecule has 2 aromatic carbocycles. The maximum absolute atomic E-state index is 13.2. The Balaban J connectivity index is 1.43. The van der Waals surface area contributed by atoms with Crippen LogP contribution in [-0.2, 0) is 17.9 Å². The summed E-state index contributed by atoms with van der Waals surface area (Å²) in [5, 5.41) is 7.23. The quantitative estimate of drug-likeness (QED) is 0.446. The molecule has 8 nitrogen and oxygen atoms in total. The van der Waals surface area contributed by atoms with Crippen LogP contribution in [0.25, 0.3) is 16.8 Å². The SMILES string of the molecule is COc1ccc(OC)c(CNC(=O)CCn2ccn3nc(-c4ccc(F)cc4)cc3c2=O)c1. The van der Waals surface area contributed by atoms with E-state index in [-0.39, 0.29) is 36.8 Å². The molecule has 2 aromatic heterocycles. The van der Waals surface area contributed by atoms with E-state index >= 15 is 0 Å². The second-order valence-corrected chi connectivity index (χ2v) is 7.37. The van der Waals surface area contributed by atoms with E-state index < -0.39 is 0 Å². The van der Waals surface area contributed by atoms with Crippen molar-refractivity contribution < 1.29 is 18.7 Å². The van der Waals surface area contributed by atoms with Crippen LogP contribution in [0.4, 0.5) is 4.39 Å². The van der Waals surface area contributed by atoms with Gasteiger partial charge in [-0.25, -0.2) is 8.91 Å². The number of carbonyl (C=O) groups excluding carboxylic acids is 1. The van der Waals surface area contributed by atoms with E-state index in [0.717, 1.165) is 5.56 Å². The maximum atomic E-state index is 13.2. The van der Waals surface area contributed by atoms with Crippen molar-refractivity contribution in [2.24, 2.45) is 0 Å². The molecule has 0 aliphatic carbocycles. The first kappa shape index (κ1) is 22.1. The zero-order chi connectivity index (χ0) is 23.4. The Hall–Kier alpha value is -4.14. The van der Waals surface area contributed by atoms with Gasteiger partial charge in [0.1, 0.15) is 22.8 Å². The summed E-state index contributed by atoms with van der Waals surface area (Å²) >= 11 is 0. The number of nitrogens with zero attached hydrogens (tertiary/aromatic N) is 3. The van der Waals surface area contributed by atoms with E-state index in [1.165, 1.54) is 21.2 Å². The third-order valence-electron chi connectivity index (χ3n) is 5.29. The Morgan fingerprint density at radius 1 is 1.06 bits per heavy atom. The third-order valence-corrected chi connectivity index (χ3v) is 5.29. The molecule has 170 valence electrons. The number of rotatable bonds is 8. The summed E-state index contributed by atoms with van der Waals surface area (Å²) < 4.78 is 26.7. The number of aromatic nitrogens is 3. The number of methoxy groups -OCH3 is 2. The van der Waals surface area contributed by atoms with Crippen LogP contribution in [0.1, 0.15) is 12.0 Å². The van der Waals surface area contributed by atoms with Gasteiger partial charge in [0.2, 0.25) is 5.91 Å². The Morgan fingerprint density at radius 2 is 1.85 bits per heavy atom. The van der Waals surface area contributed by atoms with E-state index in [1.54, 1.807) is 63.0 Å². The number of ether oxygens (including phenoxy) is 2. The standard InChI is InChI=1S/C24H23FN4O4/c1-32-19-7-8-22(33-2)17(13-19)15-26-23(30)9-10-28-11-12-29-21(24(28)31)14-20(27-29)16-3-5-18(25)6-4-16/h3-8,11-14H,9-10,15H2,1-2H3,(H,26,30). The lowest BCUT2D eigenvalue weighted by atomic mass is 10.1. The average molecular weight is 450 g/mol. The normalized spacial score (nSPS) is 10.9. The average Bonchev–Trinajstić information content (AvgIpc) is 3.27. The molecule has 0 fully saturated rings. The number of aryl methyl sites for hydroxylation is 1. The summed E-state index contributed by atoms with van der Waals surface area (Å²) in [6.45, 7) is 0.490. The van der Waals surface area contributed by atoms with Gasteiger partial charge in [0, 0.05) is 43.0 Å². The monoisotopic (exact) mass is 450 g/mol. The van der Waals surface area contributed by atoms with Gasteiger partial charge in [-0.3, -0.25) is 9.59 Å². The van der Waals surface area contributed by atoms with Gasteiger partial charge >= 0.3 is 0 Å². The van der Waals surface area contributed by atoms with Gasteiger partial charge in [-0.15, -0.1) is 0 Å². The second-order valence-electron chi connectivity index (χ2n) is 7.37. The van der Waals surface area contributed by atoms with Gasteiger partial charge in [-0.2, -0.15) is 5.10 Å². The number of nitrogens with one attached hydrogen (secondary N) is 1. The number of benzene rings is 2. The highest BCUT2D eigenvalue weighted by Crippen LogP contribution is 2.23. The van der Waals surface area contributed by atoms with Crippen molar-refractivity contribution >= 4 is 11.4 Å². The summed E-state index contributed by atoms with van der Waals surface area (Å²) in [6.07, 6.45) is 3.37. The van der Waals surface area contributed by atoms with Crippen molar-refractivity contribution in [3.05, 3.63) is 82.7 Å². The highest BCUT2D eigenvalue weighted by atomic mass is 19.1. The van der Waals surface area contributed by atoms with Crippen LogP contribution < -0.4 is 20.3 Å². The minimum atomic E-state index is -0.340. The van der Waals surface area contributed by atoms with Crippen LogP contribution in [0.5, 0.6) is 11.5 Å². The Labute approximate surface area is 189 Å². The summed E-state index contributed by atoms with van der Waals surface area (Å²) in [5.74, 6) is 0.774. The van der Waals surface area contributed by atoms with Crippen molar-refractivity contribution in [2.75, 3.05) is 14.2 Å². The van der Waals surface area contributed by atoms with Crippen molar-refractivity contribution in [1.29, 1.82) is 0 Å². The largest absolute Gasteiger partial charge is 0.497 e. The van der Waals surface area contributed by atoms with E-state index in [4.69, 9.17) is 9.47 Å². The topological polar surface area (TPSA) is 86.9 Å². The molecule has 1 amide bonds. The molecule has 2 heterocycles. The highest BCUT2D eigenvalue weighted by Gasteiger charge is 2.11. The number of amides is 1. The molecule has 0 bridgehead atoms. The first-order valence-corrected chi connectivity index (χ1v) is 10.3. The smallest absolute Gasteiger partial charge is 0.276 e. The molecule has 0 atom stereocenters. The summed E-state index contributed by atoms with van der Waals surface area (Å²) in [5.41, 5.74) is 2.17. The van der Waals surface area contributed by atoms with Crippen LogP contribution >= 0.6 is 0 Å². The first-order valence-electron chi connectivity index (χ1n) is 10.3. The number of hydrogen-bond donors (Lipinski definition) is 1. The molecular formula is C24H23FN4O4. The highest BCUT2D eigenvalue weighted by molar-refractivity contribution is 5.76. The van der Waals surface area contributed by atoms with Gasteiger partial charge in [-0.1, -0.05) is 0 Å². The fourth-order valence-corrected chi connectivity index (χ4v) is 3.49. The van der Waals surface area contributed by atoms with E-state index in [1.807, 2.05) is 0 Å². The lowest BCUT2D eigenvalue weighted by Gasteiger charge is -2.12. The molecule has 0 aliphatic rings. The number of fused-ring (bicyclic) bond motifs is 1. The molecule has 0 saturated heterocycles. The lowest BCUT2D eigenvalue weighted by molar-refractivity contribution is -0.121. The maximum Gasteiger partial charge on any atom is 0.276 e.